The number of hydrogen-bond donors (Lipinski definition) is 3. The lowest BCUT2D eigenvalue weighted by Crippen LogP contribution is -2.34. The molecule has 7 nitrogen and oxygen atoms in total. The monoisotopic (exact) mass is 536 g/mol. The van der Waals surface area contributed by atoms with E-state index in [1.165, 1.54) is 5.56 Å². The second-order valence-electron chi connectivity index (χ2n) is 10.4. The zero-order valence-electron chi connectivity index (χ0n) is 22.8. The Morgan fingerprint density at radius 2 is 1.50 bits per heavy atom. The number of ether oxygens (including phenoxy) is 2. The summed E-state index contributed by atoms with van der Waals surface area (Å²) >= 11 is 0. The lowest BCUT2D eigenvalue weighted by Gasteiger charge is -2.38. The van der Waals surface area contributed by atoms with E-state index in [0.717, 1.165) is 44.9 Å². The SMILES string of the molecule is Cc1ccc(Nc2cc3c(cc2C)Oc2cc(N(CCO)CCO)ccc2C32OC(=O)c3ccccc32)c(C)c1. The molecular weight excluding hydrogens is 504 g/mol. The van der Waals surface area contributed by atoms with Crippen molar-refractivity contribution in [2.75, 3.05) is 36.5 Å². The number of aliphatic hydroxyl groups excluding tert-OH is 2. The van der Waals surface area contributed by atoms with E-state index in [-0.39, 0.29) is 19.2 Å². The van der Waals surface area contributed by atoms with E-state index in [1.807, 2.05) is 60.4 Å². The van der Waals surface area contributed by atoms with Gasteiger partial charge in [-0.2, -0.15) is 0 Å². The Morgan fingerprint density at radius 1 is 0.775 bits per heavy atom. The molecular formula is C33H32N2O5. The van der Waals surface area contributed by atoms with Crippen LogP contribution >= 0.6 is 0 Å². The fraction of sp³-hybridized carbons (Fsp3) is 0.242. The van der Waals surface area contributed by atoms with E-state index in [1.54, 1.807) is 6.07 Å². The third-order valence-corrected chi connectivity index (χ3v) is 7.80. The molecule has 3 N–H and O–H groups in total. The van der Waals surface area contributed by atoms with Gasteiger partial charge in [0.2, 0.25) is 0 Å². The number of carbonyl (C=O) groups is 1. The highest BCUT2D eigenvalue weighted by Crippen LogP contribution is 2.57. The number of fused-ring (bicyclic) bond motifs is 6. The number of benzene rings is 4. The molecule has 6 rings (SSSR count). The van der Waals surface area contributed by atoms with Crippen LogP contribution in [0.2, 0.25) is 0 Å². The normalized spacial score (nSPS) is 16.6. The molecule has 0 fully saturated rings. The number of aliphatic hydroxyl groups is 2. The van der Waals surface area contributed by atoms with Gasteiger partial charge in [0.15, 0.2) is 5.60 Å². The largest absolute Gasteiger partial charge is 0.456 e. The maximum absolute atomic E-state index is 13.3. The fourth-order valence-corrected chi connectivity index (χ4v) is 5.85. The van der Waals surface area contributed by atoms with Gasteiger partial charge in [0, 0.05) is 52.9 Å². The molecule has 0 saturated heterocycles. The molecule has 1 atom stereocenters. The molecule has 2 aliphatic rings. The summed E-state index contributed by atoms with van der Waals surface area (Å²) in [6, 6.07) is 23.5. The number of anilines is 3. The first kappa shape index (κ1) is 25.9. The molecule has 0 saturated carbocycles. The van der Waals surface area contributed by atoms with Gasteiger partial charge in [-0.1, -0.05) is 35.9 Å². The van der Waals surface area contributed by atoms with Gasteiger partial charge in [-0.25, -0.2) is 4.79 Å². The Balaban J connectivity index is 1.54. The Kier molecular flexibility index (Phi) is 6.49. The Hall–Kier alpha value is -4.33. The quantitative estimate of drug-likeness (QED) is 0.261. The van der Waals surface area contributed by atoms with E-state index < -0.39 is 5.60 Å². The van der Waals surface area contributed by atoms with Crippen molar-refractivity contribution < 1.29 is 24.5 Å². The summed E-state index contributed by atoms with van der Waals surface area (Å²) in [5.41, 5.74) is 7.56. The number of nitrogens with zero attached hydrogens (tertiary/aromatic N) is 1. The Bertz CT molecular complexity index is 1630. The first-order chi connectivity index (χ1) is 19.3. The van der Waals surface area contributed by atoms with Gasteiger partial charge in [0.25, 0.3) is 0 Å². The number of esters is 1. The highest BCUT2D eigenvalue weighted by atomic mass is 16.6. The van der Waals surface area contributed by atoms with Crippen LogP contribution in [0.1, 0.15) is 43.7 Å². The van der Waals surface area contributed by atoms with Crippen molar-refractivity contribution in [3.63, 3.8) is 0 Å². The third kappa shape index (κ3) is 4.10. The molecule has 0 amide bonds. The van der Waals surface area contributed by atoms with Gasteiger partial charge in [-0.05, 0) is 68.3 Å². The maximum atomic E-state index is 13.3. The molecule has 4 aromatic carbocycles. The van der Waals surface area contributed by atoms with E-state index >= 15 is 0 Å². The molecule has 2 aliphatic heterocycles. The lowest BCUT2D eigenvalue weighted by atomic mass is 9.77. The minimum atomic E-state index is -1.19. The average molecular weight is 537 g/mol. The van der Waals surface area contributed by atoms with Gasteiger partial charge in [0.05, 0.1) is 18.8 Å². The van der Waals surface area contributed by atoms with Crippen molar-refractivity contribution in [3.05, 3.63) is 112 Å². The van der Waals surface area contributed by atoms with E-state index in [2.05, 4.69) is 37.4 Å². The summed E-state index contributed by atoms with van der Waals surface area (Å²) in [6.45, 7) is 6.80. The van der Waals surface area contributed by atoms with Gasteiger partial charge in [0.1, 0.15) is 11.5 Å². The van der Waals surface area contributed by atoms with Crippen LogP contribution in [0.5, 0.6) is 11.5 Å². The van der Waals surface area contributed by atoms with Crippen molar-refractivity contribution in [1.29, 1.82) is 0 Å². The average Bonchev–Trinajstić information content (AvgIpc) is 3.23. The smallest absolute Gasteiger partial charge is 0.340 e. The Labute approximate surface area is 233 Å². The lowest BCUT2D eigenvalue weighted by molar-refractivity contribution is 0.0224. The van der Waals surface area contributed by atoms with E-state index in [9.17, 15) is 15.0 Å². The molecule has 40 heavy (non-hydrogen) atoms. The highest BCUT2D eigenvalue weighted by molar-refractivity contribution is 5.97. The zero-order chi connectivity index (χ0) is 28.0. The van der Waals surface area contributed by atoms with Crippen LogP contribution in [0, 0.1) is 20.8 Å². The van der Waals surface area contributed by atoms with Gasteiger partial charge in [-0.3, -0.25) is 0 Å². The van der Waals surface area contributed by atoms with Crippen LogP contribution in [0.3, 0.4) is 0 Å². The second-order valence-corrected chi connectivity index (χ2v) is 10.4. The first-order valence-electron chi connectivity index (χ1n) is 13.5. The maximum Gasteiger partial charge on any atom is 0.340 e. The van der Waals surface area contributed by atoms with Crippen molar-refractivity contribution in [3.8, 4) is 11.5 Å². The summed E-state index contributed by atoms with van der Waals surface area (Å²) in [5.74, 6) is 0.781. The molecule has 0 radical (unpaired) electrons. The fourth-order valence-electron chi connectivity index (χ4n) is 5.85. The summed E-state index contributed by atoms with van der Waals surface area (Å²) in [6.07, 6.45) is 0. The predicted octanol–water partition coefficient (Wildman–Crippen LogP) is 5.71. The van der Waals surface area contributed by atoms with Crippen LogP contribution in [0.15, 0.2) is 72.8 Å². The molecule has 204 valence electrons. The van der Waals surface area contributed by atoms with Crippen molar-refractivity contribution in [2.45, 2.75) is 26.4 Å². The molecule has 0 aromatic heterocycles. The van der Waals surface area contributed by atoms with Gasteiger partial charge >= 0.3 is 5.97 Å². The molecule has 7 heteroatoms. The molecule has 4 aromatic rings. The highest BCUT2D eigenvalue weighted by Gasteiger charge is 2.53. The zero-order valence-corrected chi connectivity index (χ0v) is 22.8. The molecule has 2 heterocycles. The summed E-state index contributed by atoms with van der Waals surface area (Å²) in [4.78, 5) is 15.2. The summed E-state index contributed by atoms with van der Waals surface area (Å²) in [7, 11) is 0. The minimum Gasteiger partial charge on any atom is -0.456 e. The van der Waals surface area contributed by atoms with Crippen molar-refractivity contribution >= 4 is 23.0 Å². The topological polar surface area (TPSA) is 91.3 Å². The van der Waals surface area contributed by atoms with Crippen molar-refractivity contribution in [1.82, 2.24) is 0 Å². The van der Waals surface area contributed by atoms with Crippen molar-refractivity contribution in [2.24, 2.45) is 0 Å². The Morgan fingerprint density at radius 3 is 2.25 bits per heavy atom. The second kappa shape index (κ2) is 10.0. The number of hydrogen-bond acceptors (Lipinski definition) is 7. The number of nitrogens with one attached hydrogen (secondary N) is 1. The summed E-state index contributed by atoms with van der Waals surface area (Å²) in [5, 5.41) is 22.7. The number of carbonyl (C=O) groups excluding carboxylic acids is 1. The minimum absolute atomic E-state index is 0.0505. The standard InChI is InChI=1S/C33H32N2O5/c1-20-8-11-28(21(2)16-20)34-29-19-27-30(17-22(29)3)39-31-18-23(35(12-14-36)13-15-37)9-10-26(31)33(27)25-7-5-4-6-24(25)32(38)40-33/h4-11,16-19,34,36-37H,12-15H2,1-3H3. The molecule has 1 unspecified atom stereocenters. The number of aryl methyl sites for hydroxylation is 3. The van der Waals surface area contributed by atoms with Crippen LogP contribution in [-0.4, -0.2) is 42.5 Å². The third-order valence-electron chi connectivity index (χ3n) is 7.80. The van der Waals surface area contributed by atoms with Crippen LogP contribution in [0.4, 0.5) is 17.1 Å². The number of rotatable bonds is 7. The van der Waals surface area contributed by atoms with E-state index in [4.69, 9.17) is 9.47 Å². The summed E-state index contributed by atoms with van der Waals surface area (Å²) < 4.78 is 12.9. The van der Waals surface area contributed by atoms with E-state index in [0.29, 0.717) is 30.2 Å². The van der Waals surface area contributed by atoms with Crippen LogP contribution in [-0.2, 0) is 10.3 Å². The molecule has 0 aliphatic carbocycles. The van der Waals surface area contributed by atoms with Gasteiger partial charge < -0.3 is 29.9 Å². The van der Waals surface area contributed by atoms with Gasteiger partial charge in [-0.15, -0.1) is 0 Å². The predicted molar refractivity (Wildman–Crippen MR) is 155 cm³/mol. The van der Waals surface area contributed by atoms with Crippen LogP contribution < -0.4 is 15.0 Å². The molecule has 0 bridgehead atoms. The molecule has 1 spiro atoms. The first-order valence-corrected chi connectivity index (χ1v) is 13.5. The van der Waals surface area contributed by atoms with Crippen LogP contribution in [0.25, 0.3) is 0 Å².